The molecular weight excluding hydrogens is 206 g/mol. The quantitative estimate of drug-likeness (QED) is 0.832. The minimum Gasteiger partial charge on any atom is -0.312 e. The van der Waals surface area contributed by atoms with Gasteiger partial charge in [-0.05, 0) is 70.2 Å². The summed E-state index contributed by atoms with van der Waals surface area (Å²) in [6, 6.07) is 6.81. The number of aryl methyl sites for hydroxylation is 2. The van der Waals surface area contributed by atoms with Crippen LogP contribution >= 0.6 is 0 Å². The molecule has 0 amide bonds. The number of benzene rings is 1. The highest BCUT2D eigenvalue weighted by Gasteiger charge is 2.11. The molecule has 1 aromatic rings. The van der Waals surface area contributed by atoms with Crippen molar-refractivity contribution in [2.75, 3.05) is 6.54 Å². The molecule has 0 spiro atoms. The largest absolute Gasteiger partial charge is 0.312 e. The lowest BCUT2D eigenvalue weighted by molar-refractivity contribution is 0.381. The van der Waals surface area contributed by atoms with E-state index in [1.165, 1.54) is 16.7 Å². The average molecular weight is 233 g/mol. The van der Waals surface area contributed by atoms with E-state index in [2.05, 4.69) is 65.1 Å². The SMILES string of the molecule is Cc1ccc(CC(C)CNC(C)(C)C)cc1C. The van der Waals surface area contributed by atoms with E-state index in [0.717, 1.165) is 13.0 Å². The second-order valence-electron chi connectivity index (χ2n) is 6.36. The Bertz CT molecular complexity index is 360. The molecule has 0 radical (unpaired) electrons. The van der Waals surface area contributed by atoms with Crippen LogP contribution in [0.25, 0.3) is 0 Å². The Kier molecular flexibility index (Phi) is 4.76. The van der Waals surface area contributed by atoms with Crippen molar-refractivity contribution in [1.29, 1.82) is 0 Å². The molecule has 0 aliphatic carbocycles. The summed E-state index contributed by atoms with van der Waals surface area (Å²) in [5.41, 5.74) is 4.46. The zero-order valence-electron chi connectivity index (χ0n) is 12.2. The van der Waals surface area contributed by atoms with Crippen LogP contribution in [0.2, 0.25) is 0 Å². The topological polar surface area (TPSA) is 12.0 Å². The van der Waals surface area contributed by atoms with E-state index in [4.69, 9.17) is 0 Å². The van der Waals surface area contributed by atoms with E-state index in [1.807, 2.05) is 0 Å². The monoisotopic (exact) mass is 233 g/mol. The van der Waals surface area contributed by atoms with Crippen molar-refractivity contribution in [2.45, 2.75) is 53.5 Å². The fraction of sp³-hybridized carbons (Fsp3) is 0.625. The summed E-state index contributed by atoms with van der Waals surface area (Å²) in [7, 11) is 0. The predicted molar refractivity (Wildman–Crippen MR) is 76.5 cm³/mol. The van der Waals surface area contributed by atoms with Crippen LogP contribution in [0, 0.1) is 19.8 Å². The van der Waals surface area contributed by atoms with E-state index < -0.39 is 0 Å². The first-order chi connectivity index (χ1) is 7.78. The van der Waals surface area contributed by atoms with Crippen molar-refractivity contribution in [2.24, 2.45) is 5.92 Å². The van der Waals surface area contributed by atoms with Crippen LogP contribution < -0.4 is 5.32 Å². The fourth-order valence-corrected chi connectivity index (χ4v) is 1.89. The van der Waals surface area contributed by atoms with E-state index in [0.29, 0.717) is 5.92 Å². The molecular formula is C16H27N. The predicted octanol–water partition coefficient (Wildman–Crippen LogP) is 3.87. The Morgan fingerprint density at radius 1 is 1.12 bits per heavy atom. The van der Waals surface area contributed by atoms with Gasteiger partial charge in [0.25, 0.3) is 0 Å². The third-order valence-electron chi connectivity index (χ3n) is 3.14. The summed E-state index contributed by atoms with van der Waals surface area (Å²) in [6.07, 6.45) is 1.16. The molecule has 17 heavy (non-hydrogen) atoms. The van der Waals surface area contributed by atoms with Crippen LogP contribution in [0.5, 0.6) is 0 Å². The van der Waals surface area contributed by atoms with E-state index in [-0.39, 0.29) is 5.54 Å². The van der Waals surface area contributed by atoms with Gasteiger partial charge in [-0.3, -0.25) is 0 Å². The minimum atomic E-state index is 0.220. The number of hydrogen-bond acceptors (Lipinski definition) is 1. The first kappa shape index (κ1) is 14.2. The molecule has 1 rings (SSSR count). The van der Waals surface area contributed by atoms with Crippen LogP contribution in [0.15, 0.2) is 18.2 Å². The summed E-state index contributed by atoms with van der Waals surface area (Å²) in [4.78, 5) is 0. The normalized spacial score (nSPS) is 13.8. The van der Waals surface area contributed by atoms with Gasteiger partial charge >= 0.3 is 0 Å². The van der Waals surface area contributed by atoms with Crippen LogP contribution in [0.3, 0.4) is 0 Å². The molecule has 1 atom stereocenters. The molecule has 1 nitrogen and oxygen atoms in total. The molecule has 0 fully saturated rings. The lowest BCUT2D eigenvalue weighted by Crippen LogP contribution is -2.39. The maximum atomic E-state index is 3.57. The zero-order chi connectivity index (χ0) is 13.1. The third kappa shape index (κ3) is 5.36. The molecule has 0 aromatic heterocycles. The molecule has 1 heteroatoms. The lowest BCUT2D eigenvalue weighted by Gasteiger charge is -2.23. The Morgan fingerprint density at radius 3 is 2.29 bits per heavy atom. The summed E-state index contributed by atoms with van der Waals surface area (Å²) in [5.74, 6) is 0.677. The molecule has 0 heterocycles. The lowest BCUT2D eigenvalue weighted by atomic mass is 9.97. The highest BCUT2D eigenvalue weighted by molar-refractivity contribution is 5.30. The van der Waals surface area contributed by atoms with E-state index in [1.54, 1.807) is 0 Å². The summed E-state index contributed by atoms with van der Waals surface area (Å²) in [6.45, 7) is 14.4. The molecule has 0 bridgehead atoms. The molecule has 1 aromatic carbocycles. The van der Waals surface area contributed by atoms with Gasteiger partial charge < -0.3 is 5.32 Å². The van der Waals surface area contributed by atoms with Crippen molar-refractivity contribution in [3.63, 3.8) is 0 Å². The molecule has 1 unspecified atom stereocenters. The van der Waals surface area contributed by atoms with Crippen LogP contribution in [0.4, 0.5) is 0 Å². The molecule has 1 N–H and O–H groups in total. The number of hydrogen-bond donors (Lipinski definition) is 1. The van der Waals surface area contributed by atoms with Crippen molar-refractivity contribution >= 4 is 0 Å². The van der Waals surface area contributed by atoms with E-state index >= 15 is 0 Å². The third-order valence-corrected chi connectivity index (χ3v) is 3.14. The maximum absolute atomic E-state index is 3.57. The summed E-state index contributed by atoms with van der Waals surface area (Å²) < 4.78 is 0. The van der Waals surface area contributed by atoms with Crippen molar-refractivity contribution in [1.82, 2.24) is 5.32 Å². The first-order valence-electron chi connectivity index (χ1n) is 6.59. The van der Waals surface area contributed by atoms with Crippen LogP contribution in [0.1, 0.15) is 44.4 Å². The highest BCUT2D eigenvalue weighted by atomic mass is 14.9. The molecule has 0 aliphatic heterocycles. The molecule has 0 saturated heterocycles. The summed E-state index contributed by atoms with van der Waals surface area (Å²) in [5, 5.41) is 3.57. The van der Waals surface area contributed by atoms with Crippen molar-refractivity contribution in [3.8, 4) is 0 Å². The van der Waals surface area contributed by atoms with Gasteiger partial charge in [-0.15, -0.1) is 0 Å². The van der Waals surface area contributed by atoms with Gasteiger partial charge in [0.1, 0.15) is 0 Å². The Morgan fingerprint density at radius 2 is 1.76 bits per heavy atom. The van der Waals surface area contributed by atoms with Crippen LogP contribution in [-0.2, 0) is 6.42 Å². The zero-order valence-corrected chi connectivity index (χ0v) is 12.2. The standard InChI is InChI=1S/C16H27N/c1-12(11-17-16(4,5)6)9-15-8-7-13(2)14(3)10-15/h7-8,10,12,17H,9,11H2,1-6H3. The summed E-state index contributed by atoms with van der Waals surface area (Å²) >= 11 is 0. The Labute approximate surface area is 107 Å². The van der Waals surface area contributed by atoms with Crippen molar-refractivity contribution in [3.05, 3.63) is 34.9 Å². The fourth-order valence-electron chi connectivity index (χ4n) is 1.89. The van der Waals surface area contributed by atoms with Gasteiger partial charge in [0.15, 0.2) is 0 Å². The molecule has 0 saturated carbocycles. The Hall–Kier alpha value is -0.820. The number of nitrogens with one attached hydrogen (secondary N) is 1. The second-order valence-corrected chi connectivity index (χ2v) is 6.36. The van der Waals surface area contributed by atoms with Gasteiger partial charge in [0, 0.05) is 5.54 Å². The van der Waals surface area contributed by atoms with Crippen LogP contribution in [-0.4, -0.2) is 12.1 Å². The Balaban J connectivity index is 2.50. The average Bonchev–Trinajstić information content (AvgIpc) is 2.20. The van der Waals surface area contributed by atoms with Gasteiger partial charge in [-0.1, -0.05) is 25.1 Å². The number of rotatable bonds is 4. The highest BCUT2D eigenvalue weighted by Crippen LogP contribution is 2.14. The van der Waals surface area contributed by atoms with E-state index in [9.17, 15) is 0 Å². The smallest absolute Gasteiger partial charge is 0.00966 e. The van der Waals surface area contributed by atoms with Crippen molar-refractivity contribution < 1.29 is 0 Å². The second kappa shape index (κ2) is 5.68. The molecule has 96 valence electrons. The maximum Gasteiger partial charge on any atom is 0.00966 e. The first-order valence-corrected chi connectivity index (χ1v) is 6.59. The van der Waals surface area contributed by atoms with Gasteiger partial charge in [-0.25, -0.2) is 0 Å². The van der Waals surface area contributed by atoms with Gasteiger partial charge in [0.2, 0.25) is 0 Å². The minimum absolute atomic E-state index is 0.220. The molecule has 0 aliphatic rings. The van der Waals surface area contributed by atoms with Gasteiger partial charge in [-0.2, -0.15) is 0 Å². The van der Waals surface area contributed by atoms with Gasteiger partial charge in [0.05, 0.1) is 0 Å².